The summed E-state index contributed by atoms with van der Waals surface area (Å²) in [5.74, 6) is 1.88. The van der Waals surface area contributed by atoms with Gasteiger partial charge < -0.3 is 10.1 Å². The van der Waals surface area contributed by atoms with Crippen LogP contribution in [0.25, 0.3) is 5.69 Å². The van der Waals surface area contributed by atoms with Crippen molar-refractivity contribution in [3.8, 4) is 11.4 Å². The number of aromatic nitrogens is 3. The fourth-order valence-corrected chi connectivity index (χ4v) is 4.92. The number of halogens is 1. The first-order chi connectivity index (χ1) is 17.0. The third kappa shape index (κ3) is 5.03. The number of carbonyl (C=O) groups is 1. The van der Waals surface area contributed by atoms with Gasteiger partial charge in [0, 0.05) is 21.6 Å². The molecule has 3 aromatic rings. The molecule has 0 saturated carbocycles. The van der Waals surface area contributed by atoms with Gasteiger partial charge in [-0.05, 0) is 49.1 Å². The third-order valence-corrected chi connectivity index (χ3v) is 7.18. The molecule has 2 aromatic carbocycles. The van der Waals surface area contributed by atoms with E-state index in [0.29, 0.717) is 28.1 Å². The number of nitrogens with zero attached hydrogens (tertiary/aromatic N) is 4. The Bertz CT molecular complexity index is 1310. The lowest BCUT2D eigenvalue weighted by molar-refractivity contribution is -0.131. The SMILES string of the molecule is CCC(C)(C)CC(C)(C)C(=O)N[C@@H]1N=C(c2ccc(Cl)cc2)c2cc(OC)ccc2-n2c(C)nnc21. The van der Waals surface area contributed by atoms with Crippen molar-refractivity contribution in [1.82, 2.24) is 20.1 Å². The molecule has 0 fully saturated rings. The molecule has 36 heavy (non-hydrogen) atoms. The Morgan fingerprint density at radius 2 is 1.81 bits per heavy atom. The Kier molecular flexibility index (Phi) is 6.97. The normalized spacial score (nSPS) is 15.4. The lowest BCUT2D eigenvalue weighted by Gasteiger charge is -2.34. The molecule has 1 N–H and O–H groups in total. The highest BCUT2D eigenvalue weighted by molar-refractivity contribution is 6.30. The fraction of sp³-hybridized carbons (Fsp3) is 0.429. The smallest absolute Gasteiger partial charge is 0.227 e. The molecule has 0 bridgehead atoms. The number of benzene rings is 2. The van der Waals surface area contributed by atoms with E-state index in [1.54, 1.807) is 7.11 Å². The minimum atomic E-state index is -0.730. The van der Waals surface area contributed by atoms with Crippen molar-refractivity contribution < 1.29 is 9.53 Å². The van der Waals surface area contributed by atoms with Crippen LogP contribution in [0.1, 0.15) is 76.4 Å². The molecule has 0 saturated heterocycles. The van der Waals surface area contributed by atoms with Crippen LogP contribution >= 0.6 is 11.6 Å². The van der Waals surface area contributed by atoms with E-state index in [1.165, 1.54) is 0 Å². The van der Waals surface area contributed by atoms with Gasteiger partial charge in [0.15, 0.2) is 12.0 Å². The summed E-state index contributed by atoms with van der Waals surface area (Å²) in [6.07, 6.45) is 0.995. The molecule has 1 aliphatic rings. The molecule has 1 aliphatic heterocycles. The van der Waals surface area contributed by atoms with Crippen LogP contribution in [0, 0.1) is 17.8 Å². The quantitative estimate of drug-likeness (QED) is 0.421. The summed E-state index contributed by atoms with van der Waals surface area (Å²) in [5.41, 5.74) is 2.73. The summed E-state index contributed by atoms with van der Waals surface area (Å²) in [7, 11) is 1.63. The molecule has 1 aromatic heterocycles. The van der Waals surface area contributed by atoms with Crippen molar-refractivity contribution in [2.24, 2.45) is 15.8 Å². The fourth-order valence-electron chi connectivity index (χ4n) is 4.79. The predicted molar refractivity (Wildman–Crippen MR) is 143 cm³/mol. The Labute approximate surface area is 217 Å². The van der Waals surface area contributed by atoms with Gasteiger partial charge in [-0.15, -0.1) is 10.2 Å². The lowest BCUT2D eigenvalue weighted by Crippen LogP contribution is -2.41. The van der Waals surface area contributed by atoms with E-state index >= 15 is 0 Å². The average Bonchev–Trinajstić information content (AvgIpc) is 3.16. The van der Waals surface area contributed by atoms with Crippen LogP contribution < -0.4 is 10.1 Å². The van der Waals surface area contributed by atoms with E-state index in [1.807, 2.05) is 67.8 Å². The van der Waals surface area contributed by atoms with Gasteiger partial charge in [-0.2, -0.15) is 0 Å². The number of aliphatic imine (C=N–C) groups is 1. The van der Waals surface area contributed by atoms with Crippen LogP contribution in [0.4, 0.5) is 0 Å². The minimum Gasteiger partial charge on any atom is -0.497 e. The molecule has 1 atom stereocenters. The van der Waals surface area contributed by atoms with E-state index in [4.69, 9.17) is 21.3 Å². The molecule has 8 heteroatoms. The second-order valence-corrected chi connectivity index (χ2v) is 11.2. The van der Waals surface area contributed by atoms with E-state index < -0.39 is 11.6 Å². The van der Waals surface area contributed by atoms with Gasteiger partial charge in [-0.1, -0.05) is 64.8 Å². The Hall–Kier alpha value is -3.19. The van der Waals surface area contributed by atoms with Crippen LogP contribution in [-0.2, 0) is 4.79 Å². The summed E-state index contributed by atoms with van der Waals surface area (Å²) in [6.45, 7) is 12.4. The van der Waals surface area contributed by atoms with Gasteiger partial charge in [-0.25, -0.2) is 0 Å². The molecule has 2 heterocycles. The number of nitrogens with one attached hydrogen (secondary N) is 1. The van der Waals surface area contributed by atoms with Gasteiger partial charge >= 0.3 is 0 Å². The van der Waals surface area contributed by atoms with Crippen LogP contribution in [0.2, 0.25) is 5.02 Å². The third-order valence-electron chi connectivity index (χ3n) is 6.93. The molecule has 0 unspecified atom stereocenters. The topological polar surface area (TPSA) is 81.4 Å². The maximum atomic E-state index is 13.6. The lowest BCUT2D eigenvalue weighted by atomic mass is 9.73. The van der Waals surface area contributed by atoms with Crippen molar-refractivity contribution in [2.75, 3.05) is 7.11 Å². The van der Waals surface area contributed by atoms with Crippen LogP contribution in [0.3, 0.4) is 0 Å². The first-order valence-electron chi connectivity index (χ1n) is 12.2. The molecule has 0 spiro atoms. The van der Waals surface area contributed by atoms with Crippen LogP contribution in [-0.4, -0.2) is 33.5 Å². The maximum absolute atomic E-state index is 13.6. The number of aryl methyl sites for hydroxylation is 1. The molecule has 0 radical (unpaired) electrons. The molecule has 1 amide bonds. The second kappa shape index (κ2) is 9.69. The molecular weight excluding hydrogens is 474 g/mol. The van der Waals surface area contributed by atoms with Gasteiger partial charge in [0.25, 0.3) is 0 Å². The van der Waals surface area contributed by atoms with Crippen LogP contribution in [0.15, 0.2) is 47.5 Å². The molecular formula is C28H34ClN5O2. The highest BCUT2D eigenvalue weighted by atomic mass is 35.5. The van der Waals surface area contributed by atoms with Gasteiger partial charge in [0.2, 0.25) is 5.91 Å². The largest absolute Gasteiger partial charge is 0.497 e. The summed E-state index contributed by atoms with van der Waals surface area (Å²) in [6, 6.07) is 13.3. The van der Waals surface area contributed by atoms with Crippen molar-refractivity contribution in [1.29, 1.82) is 0 Å². The number of ether oxygens (including phenoxy) is 1. The summed E-state index contributed by atoms with van der Waals surface area (Å²) < 4.78 is 7.48. The molecule has 0 aliphatic carbocycles. The number of rotatable bonds is 7. The van der Waals surface area contributed by atoms with Crippen LogP contribution in [0.5, 0.6) is 5.75 Å². The molecule has 190 valence electrons. The van der Waals surface area contributed by atoms with Crippen molar-refractivity contribution in [3.05, 3.63) is 70.3 Å². The highest BCUT2D eigenvalue weighted by Crippen LogP contribution is 2.37. The number of methoxy groups -OCH3 is 1. The zero-order valence-corrected chi connectivity index (χ0v) is 22.8. The van der Waals surface area contributed by atoms with Crippen molar-refractivity contribution in [2.45, 2.75) is 60.5 Å². The Balaban J connectivity index is 1.86. The zero-order valence-electron chi connectivity index (χ0n) is 22.0. The Morgan fingerprint density at radius 1 is 1.11 bits per heavy atom. The van der Waals surface area contributed by atoms with E-state index in [9.17, 15) is 4.79 Å². The van der Waals surface area contributed by atoms with Gasteiger partial charge in [0.1, 0.15) is 11.6 Å². The Morgan fingerprint density at radius 3 is 2.44 bits per heavy atom. The average molecular weight is 508 g/mol. The van der Waals surface area contributed by atoms with E-state index in [-0.39, 0.29) is 11.3 Å². The summed E-state index contributed by atoms with van der Waals surface area (Å²) in [5, 5.41) is 12.6. The highest BCUT2D eigenvalue weighted by Gasteiger charge is 2.37. The number of hydrogen-bond donors (Lipinski definition) is 1. The zero-order chi connectivity index (χ0) is 26.3. The number of fused-ring (bicyclic) bond motifs is 3. The predicted octanol–water partition coefficient (Wildman–Crippen LogP) is 6.06. The summed E-state index contributed by atoms with van der Waals surface area (Å²) >= 11 is 6.18. The minimum absolute atomic E-state index is 0.0332. The van der Waals surface area contributed by atoms with Crippen molar-refractivity contribution in [3.63, 3.8) is 0 Å². The monoisotopic (exact) mass is 507 g/mol. The maximum Gasteiger partial charge on any atom is 0.227 e. The second-order valence-electron chi connectivity index (χ2n) is 10.8. The van der Waals surface area contributed by atoms with Gasteiger partial charge in [0.05, 0.1) is 18.5 Å². The summed E-state index contributed by atoms with van der Waals surface area (Å²) in [4.78, 5) is 18.7. The standard InChI is InChI=1S/C28H34ClN5O2/c1-8-27(3,4)16-28(5,6)26(35)31-24-25-33-32-17(2)34(25)22-14-13-20(36-7)15-21(22)23(30-24)18-9-11-19(29)12-10-18/h9-15,24H,8,16H2,1-7H3,(H,31,35)/t24-/m0/s1. The van der Waals surface area contributed by atoms with Crippen molar-refractivity contribution >= 4 is 23.2 Å². The molecule has 4 rings (SSSR count). The first kappa shape index (κ1) is 25.9. The number of amides is 1. The first-order valence-corrected chi connectivity index (χ1v) is 12.6. The number of carbonyl (C=O) groups excluding carboxylic acids is 1. The van der Waals surface area contributed by atoms with Gasteiger partial charge in [-0.3, -0.25) is 14.4 Å². The number of hydrogen-bond acceptors (Lipinski definition) is 5. The van der Waals surface area contributed by atoms with E-state index in [2.05, 4.69) is 36.3 Å². The molecule has 7 nitrogen and oxygen atoms in total. The van der Waals surface area contributed by atoms with E-state index in [0.717, 1.165) is 29.7 Å².